The number of methoxy groups -OCH3 is 1. The van der Waals surface area contributed by atoms with E-state index >= 15 is 0 Å². The fourth-order valence-electron chi connectivity index (χ4n) is 4.51. The van der Waals surface area contributed by atoms with E-state index in [2.05, 4.69) is 29.1 Å². The second kappa shape index (κ2) is 5.97. The van der Waals surface area contributed by atoms with Crippen molar-refractivity contribution in [3.8, 4) is 6.01 Å². The number of ketones is 1. The van der Waals surface area contributed by atoms with E-state index in [9.17, 15) is 9.59 Å². The monoisotopic (exact) mass is 353 g/mol. The molecule has 1 aromatic heterocycles. The number of Topliss-reactive ketones (excluding diaryl/α,β-unsaturated/α-hetero) is 1. The Morgan fingerprint density at radius 2 is 1.92 bits per heavy atom. The lowest BCUT2D eigenvalue weighted by Gasteiger charge is -2.46. The molecule has 1 aliphatic heterocycles. The first-order valence-electron chi connectivity index (χ1n) is 8.92. The molecular weight excluding hydrogens is 330 g/mol. The van der Waals surface area contributed by atoms with Gasteiger partial charge in [-0.15, -0.1) is 0 Å². The van der Waals surface area contributed by atoms with Gasteiger partial charge in [-0.25, -0.2) is 0 Å². The van der Waals surface area contributed by atoms with E-state index < -0.39 is 0 Å². The maximum absolute atomic E-state index is 13.1. The molecule has 3 unspecified atom stereocenters. The number of nitrogens with zero attached hydrogens (tertiary/aromatic N) is 1. The number of hydrogen-bond donors (Lipinski definition) is 2. The van der Waals surface area contributed by atoms with Crippen LogP contribution in [0.1, 0.15) is 43.7 Å². The lowest BCUT2D eigenvalue weighted by Crippen LogP contribution is -2.51. The van der Waals surface area contributed by atoms with E-state index in [1.807, 2.05) is 30.3 Å². The molecule has 1 saturated carbocycles. The van der Waals surface area contributed by atoms with Gasteiger partial charge in [0.2, 0.25) is 0 Å². The highest BCUT2D eigenvalue weighted by Crippen LogP contribution is 2.48. The number of carbonyl (C=O) groups excluding carboxylic acids is 1. The highest BCUT2D eigenvalue weighted by atomic mass is 16.5. The van der Waals surface area contributed by atoms with Gasteiger partial charge in [-0.1, -0.05) is 44.2 Å². The van der Waals surface area contributed by atoms with Crippen LogP contribution in [0, 0.1) is 11.3 Å². The summed E-state index contributed by atoms with van der Waals surface area (Å²) in [4.78, 5) is 33.0. The van der Waals surface area contributed by atoms with Crippen molar-refractivity contribution in [2.75, 3.05) is 12.4 Å². The van der Waals surface area contributed by atoms with Crippen molar-refractivity contribution in [2.24, 2.45) is 11.3 Å². The Morgan fingerprint density at radius 1 is 1.19 bits per heavy atom. The van der Waals surface area contributed by atoms with Crippen molar-refractivity contribution in [1.29, 1.82) is 0 Å². The molecule has 1 aromatic carbocycles. The SMILES string of the molecule is COc1nc2c(c(=O)[nH]1)C(c1ccccc1)C1C(=O)CC(C)(C)CC1N2. The molecule has 0 radical (unpaired) electrons. The second-order valence-corrected chi connectivity index (χ2v) is 8.01. The van der Waals surface area contributed by atoms with E-state index in [1.165, 1.54) is 7.11 Å². The molecule has 2 aromatic rings. The molecule has 136 valence electrons. The van der Waals surface area contributed by atoms with Crippen molar-refractivity contribution in [3.05, 3.63) is 51.8 Å². The van der Waals surface area contributed by atoms with Crippen molar-refractivity contribution in [3.63, 3.8) is 0 Å². The highest BCUT2D eigenvalue weighted by molar-refractivity contribution is 5.86. The number of fused-ring (bicyclic) bond motifs is 2. The van der Waals surface area contributed by atoms with Crippen LogP contribution >= 0.6 is 0 Å². The Labute approximate surface area is 152 Å². The van der Waals surface area contributed by atoms with Gasteiger partial charge in [0.25, 0.3) is 11.6 Å². The number of hydrogen-bond acceptors (Lipinski definition) is 5. The molecule has 6 nitrogen and oxygen atoms in total. The average molecular weight is 353 g/mol. The molecule has 26 heavy (non-hydrogen) atoms. The topological polar surface area (TPSA) is 84.1 Å². The number of nitrogens with one attached hydrogen (secondary N) is 2. The standard InChI is InChI=1S/C20H23N3O3/c1-20(2)9-12-15(13(24)10-20)14(11-7-5-4-6-8-11)16-17(21-12)22-19(26-3)23-18(16)25/h4-8,12,14-15H,9-10H2,1-3H3,(H2,21,22,23,25). The van der Waals surface area contributed by atoms with Gasteiger partial charge >= 0.3 is 0 Å². The Balaban J connectivity index is 1.92. The van der Waals surface area contributed by atoms with Crippen LogP contribution in [0.4, 0.5) is 5.82 Å². The lowest BCUT2D eigenvalue weighted by atomic mass is 9.62. The molecule has 2 N–H and O–H groups in total. The summed E-state index contributed by atoms with van der Waals surface area (Å²) in [6, 6.07) is 9.89. The maximum atomic E-state index is 13.1. The van der Waals surface area contributed by atoms with Gasteiger partial charge in [0.05, 0.1) is 12.7 Å². The number of ether oxygens (including phenoxy) is 1. The predicted octanol–water partition coefficient (Wildman–Crippen LogP) is 2.71. The Morgan fingerprint density at radius 3 is 2.62 bits per heavy atom. The minimum atomic E-state index is -0.303. The molecule has 2 aliphatic rings. The van der Waals surface area contributed by atoms with Crippen LogP contribution in [0.25, 0.3) is 0 Å². The quantitative estimate of drug-likeness (QED) is 0.867. The minimum absolute atomic E-state index is 0.0528. The third-order valence-corrected chi connectivity index (χ3v) is 5.51. The van der Waals surface area contributed by atoms with Gasteiger partial charge in [-0.05, 0) is 17.4 Å². The number of H-pyrrole nitrogens is 1. The predicted molar refractivity (Wildman–Crippen MR) is 98.6 cm³/mol. The summed E-state index contributed by atoms with van der Waals surface area (Å²) in [6.07, 6.45) is 1.37. The van der Waals surface area contributed by atoms with Gasteiger partial charge in [-0.3, -0.25) is 14.6 Å². The first-order chi connectivity index (χ1) is 12.4. The molecule has 0 amide bonds. The third kappa shape index (κ3) is 2.69. The number of aromatic nitrogens is 2. The van der Waals surface area contributed by atoms with E-state index in [-0.39, 0.29) is 40.6 Å². The molecule has 1 aliphatic carbocycles. The molecule has 0 spiro atoms. The summed E-state index contributed by atoms with van der Waals surface area (Å²) in [5.41, 5.74) is 1.15. The maximum Gasteiger partial charge on any atom is 0.298 e. The van der Waals surface area contributed by atoms with Crippen LogP contribution in [-0.2, 0) is 4.79 Å². The van der Waals surface area contributed by atoms with Crippen LogP contribution < -0.4 is 15.6 Å². The molecule has 0 saturated heterocycles. The molecule has 6 heteroatoms. The molecule has 4 rings (SSSR count). The number of carbonyl (C=O) groups is 1. The zero-order valence-electron chi connectivity index (χ0n) is 15.2. The normalized spacial score (nSPS) is 26.4. The van der Waals surface area contributed by atoms with Crippen LogP contribution in [-0.4, -0.2) is 28.9 Å². The largest absolute Gasteiger partial charge is 0.468 e. The average Bonchev–Trinajstić information content (AvgIpc) is 2.59. The molecule has 0 bridgehead atoms. The number of aromatic amines is 1. The lowest BCUT2D eigenvalue weighted by molar-refractivity contribution is -0.129. The zero-order chi connectivity index (χ0) is 18.5. The van der Waals surface area contributed by atoms with Crippen LogP contribution in [0.3, 0.4) is 0 Å². The van der Waals surface area contributed by atoms with E-state index in [4.69, 9.17) is 4.74 Å². The van der Waals surface area contributed by atoms with Crippen LogP contribution in [0.5, 0.6) is 6.01 Å². The first-order valence-corrected chi connectivity index (χ1v) is 8.92. The molecule has 2 heterocycles. The fraction of sp³-hybridized carbons (Fsp3) is 0.450. The van der Waals surface area contributed by atoms with Crippen molar-refractivity contribution in [2.45, 2.75) is 38.6 Å². The van der Waals surface area contributed by atoms with Crippen LogP contribution in [0.15, 0.2) is 35.1 Å². The van der Waals surface area contributed by atoms with Gasteiger partial charge in [-0.2, -0.15) is 4.98 Å². The Kier molecular flexibility index (Phi) is 3.86. The first kappa shape index (κ1) is 16.8. The van der Waals surface area contributed by atoms with E-state index in [1.54, 1.807) is 0 Å². The van der Waals surface area contributed by atoms with E-state index in [0.29, 0.717) is 17.8 Å². The van der Waals surface area contributed by atoms with Crippen molar-refractivity contribution in [1.82, 2.24) is 9.97 Å². The van der Waals surface area contributed by atoms with Gasteiger partial charge in [0.15, 0.2) is 0 Å². The summed E-state index contributed by atoms with van der Waals surface area (Å²) in [6.45, 7) is 4.23. The summed E-state index contributed by atoms with van der Waals surface area (Å²) >= 11 is 0. The number of rotatable bonds is 2. The summed E-state index contributed by atoms with van der Waals surface area (Å²) in [7, 11) is 1.47. The van der Waals surface area contributed by atoms with Crippen LogP contribution in [0.2, 0.25) is 0 Å². The minimum Gasteiger partial charge on any atom is -0.468 e. The second-order valence-electron chi connectivity index (χ2n) is 8.01. The highest BCUT2D eigenvalue weighted by Gasteiger charge is 2.49. The molecule has 3 atom stereocenters. The molecular formula is C20H23N3O3. The van der Waals surface area contributed by atoms with E-state index in [0.717, 1.165) is 12.0 Å². The number of anilines is 1. The number of benzene rings is 1. The Hall–Kier alpha value is -2.63. The Bertz CT molecular complexity index is 904. The van der Waals surface area contributed by atoms with Gasteiger partial charge in [0.1, 0.15) is 11.6 Å². The van der Waals surface area contributed by atoms with Crippen molar-refractivity contribution >= 4 is 11.6 Å². The summed E-state index contributed by atoms with van der Waals surface area (Å²) < 4.78 is 5.13. The molecule has 1 fully saturated rings. The fourth-order valence-corrected chi connectivity index (χ4v) is 4.51. The van der Waals surface area contributed by atoms with Gasteiger partial charge < -0.3 is 10.1 Å². The third-order valence-electron chi connectivity index (χ3n) is 5.51. The zero-order valence-corrected chi connectivity index (χ0v) is 15.2. The summed E-state index contributed by atoms with van der Waals surface area (Å²) in [5, 5.41) is 3.37. The van der Waals surface area contributed by atoms with Crippen molar-refractivity contribution < 1.29 is 9.53 Å². The van der Waals surface area contributed by atoms with Gasteiger partial charge in [0, 0.05) is 24.3 Å². The summed E-state index contributed by atoms with van der Waals surface area (Å²) in [5.74, 6) is 0.150. The smallest absolute Gasteiger partial charge is 0.298 e.